The molecule has 1 aromatic carbocycles. The van der Waals surface area contributed by atoms with Crippen molar-refractivity contribution in [2.75, 3.05) is 11.9 Å². The summed E-state index contributed by atoms with van der Waals surface area (Å²) in [6.45, 7) is 2.82. The van der Waals surface area contributed by atoms with Crippen molar-refractivity contribution in [2.45, 2.75) is 19.8 Å². The largest absolute Gasteiger partial charge is 0.384 e. The molecule has 20 heavy (non-hydrogen) atoms. The van der Waals surface area contributed by atoms with Crippen LogP contribution < -0.4 is 5.32 Å². The summed E-state index contributed by atoms with van der Waals surface area (Å²) in [5, 5.41) is 8.07. The Labute approximate surface area is 122 Å². The maximum absolute atomic E-state index is 12.4. The third-order valence-corrected chi connectivity index (χ3v) is 4.22. The fourth-order valence-corrected chi connectivity index (χ4v) is 2.86. The molecule has 0 amide bonds. The van der Waals surface area contributed by atoms with E-state index < -0.39 is 0 Å². The highest BCUT2D eigenvalue weighted by Gasteiger charge is 2.18. The van der Waals surface area contributed by atoms with Crippen LogP contribution in [0.1, 0.15) is 27.2 Å². The highest BCUT2D eigenvalue weighted by Crippen LogP contribution is 2.25. The Morgan fingerprint density at radius 3 is 3.00 bits per heavy atom. The fraction of sp³-hybridized carbons (Fsp3) is 0.333. The van der Waals surface area contributed by atoms with Crippen LogP contribution in [0.4, 0.5) is 5.69 Å². The van der Waals surface area contributed by atoms with Crippen LogP contribution in [0.25, 0.3) is 0 Å². The zero-order chi connectivity index (χ0) is 14.3. The van der Waals surface area contributed by atoms with E-state index in [1.807, 2.05) is 25.1 Å². The highest BCUT2D eigenvalue weighted by molar-refractivity contribution is 6.30. The Kier molecular flexibility index (Phi) is 3.26. The van der Waals surface area contributed by atoms with Gasteiger partial charge in [0.25, 0.3) is 0 Å². The van der Waals surface area contributed by atoms with Gasteiger partial charge in [-0.25, -0.2) is 0 Å². The number of hydrogen-bond donors (Lipinski definition) is 1. The van der Waals surface area contributed by atoms with E-state index in [-0.39, 0.29) is 5.78 Å². The van der Waals surface area contributed by atoms with Crippen LogP contribution in [0.2, 0.25) is 5.15 Å². The molecule has 0 aliphatic carbocycles. The van der Waals surface area contributed by atoms with E-state index in [4.69, 9.17) is 11.6 Å². The van der Waals surface area contributed by atoms with E-state index >= 15 is 0 Å². The molecule has 0 unspecified atom stereocenters. The van der Waals surface area contributed by atoms with Gasteiger partial charge in [0.1, 0.15) is 5.15 Å². The summed E-state index contributed by atoms with van der Waals surface area (Å²) >= 11 is 6.18. The number of Topliss-reactive ketones (excluding diaryl/α,β-unsaturated/α-hetero) is 1. The molecule has 0 saturated heterocycles. The number of carbonyl (C=O) groups is 1. The second-order valence-electron chi connectivity index (χ2n) is 5.13. The number of nitrogens with zero attached hydrogens (tertiary/aromatic N) is 2. The first-order valence-corrected chi connectivity index (χ1v) is 7.02. The zero-order valence-electron chi connectivity index (χ0n) is 11.5. The first kappa shape index (κ1) is 13.2. The van der Waals surface area contributed by atoms with Gasteiger partial charge in [-0.05, 0) is 37.1 Å². The van der Waals surface area contributed by atoms with E-state index in [0.717, 1.165) is 35.5 Å². The maximum atomic E-state index is 12.4. The molecule has 1 N–H and O–H groups in total. The van der Waals surface area contributed by atoms with Gasteiger partial charge in [0.2, 0.25) is 0 Å². The molecule has 0 atom stereocenters. The molecule has 104 valence electrons. The second-order valence-corrected chi connectivity index (χ2v) is 5.49. The molecule has 4 nitrogen and oxygen atoms in total. The fourth-order valence-electron chi connectivity index (χ4n) is 2.62. The zero-order valence-corrected chi connectivity index (χ0v) is 12.3. The van der Waals surface area contributed by atoms with Crippen LogP contribution in [0, 0.1) is 6.92 Å². The normalized spacial score (nSPS) is 13.2. The lowest BCUT2D eigenvalue weighted by molar-refractivity contribution is 0.0992. The van der Waals surface area contributed by atoms with Gasteiger partial charge < -0.3 is 5.32 Å². The number of carbonyl (C=O) groups excluding carboxylic acids is 1. The Hall–Kier alpha value is -1.81. The number of ketones is 1. The summed E-state index contributed by atoms with van der Waals surface area (Å²) < 4.78 is 1.60. The summed E-state index contributed by atoms with van der Waals surface area (Å²) in [6.07, 6.45) is 1.27. The maximum Gasteiger partial charge on any atom is 0.167 e. The van der Waals surface area contributed by atoms with Crippen molar-refractivity contribution in [3.63, 3.8) is 0 Å². The van der Waals surface area contributed by atoms with Crippen LogP contribution in [-0.4, -0.2) is 22.1 Å². The van der Waals surface area contributed by atoms with Gasteiger partial charge >= 0.3 is 0 Å². The molecular weight excluding hydrogens is 274 g/mol. The number of aryl methyl sites for hydroxylation is 2. The summed E-state index contributed by atoms with van der Waals surface area (Å²) in [4.78, 5) is 12.4. The van der Waals surface area contributed by atoms with Crippen molar-refractivity contribution in [3.05, 3.63) is 45.7 Å². The van der Waals surface area contributed by atoms with Crippen molar-refractivity contribution in [3.8, 4) is 0 Å². The van der Waals surface area contributed by atoms with Gasteiger partial charge in [-0.1, -0.05) is 11.6 Å². The lowest BCUT2D eigenvalue weighted by Crippen LogP contribution is -2.05. The number of hydrogen-bond acceptors (Lipinski definition) is 3. The lowest BCUT2D eigenvalue weighted by atomic mass is 10.0. The van der Waals surface area contributed by atoms with Gasteiger partial charge in [0, 0.05) is 36.8 Å². The van der Waals surface area contributed by atoms with E-state index in [1.54, 1.807) is 11.7 Å². The van der Waals surface area contributed by atoms with Crippen molar-refractivity contribution in [1.29, 1.82) is 0 Å². The number of fused-ring (bicyclic) bond motifs is 1. The van der Waals surface area contributed by atoms with Crippen molar-refractivity contribution >= 4 is 23.1 Å². The quantitative estimate of drug-likeness (QED) is 0.884. The molecule has 5 heteroatoms. The van der Waals surface area contributed by atoms with E-state index in [2.05, 4.69) is 10.4 Å². The van der Waals surface area contributed by atoms with Crippen LogP contribution in [0.5, 0.6) is 0 Å². The number of nitrogens with one attached hydrogen (secondary N) is 1. The number of halogens is 1. The van der Waals surface area contributed by atoms with E-state index in [0.29, 0.717) is 11.6 Å². The predicted molar refractivity (Wildman–Crippen MR) is 79.6 cm³/mol. The van der Waals surface area contributed by atoms with Gasteiger partial charge in [-0.2, -0.15) is 5.10 Å². The SMILES string of the molecule is Cc1nn(C)c(Cl)c1CC(=O)c1ccc2c(c1)CCN2. The van der Waals surface area contributed by atoms with Gasteiger partial charge in [-0.15, -0.1) is 0 Å². The topological polar surface area (TPSA) is 46.9 Å². The lowest BCUT2D eigenvalue weighted by Gasteiger charge is -2.04. The first-order valence-electron chi connectivity index (χ1n) is 6.64. The molecule has 0 fully saturated rings. The molecule has 0 bridgehead atoms. The standard InChI is InChI=1S/C15H16ClN3O/c1-9-12(15(16)19(2)18-9)8-14(20)11-3-4-13-10(7-11)5-6-17-13/h3-4,7,17H,5-6,8H2,1-2H3. The molecule has 2 heterocycles. The second kappa shape index (κ2) is 4.94. The molecular formula is C15H16ClN3O. The summed E-state index contributed by atoms with van der Waals surface area (Å²) in [7, 11) is 1.78. The molecule has 1 aliphatic heterocycles. The van der Waals surface area contributed by atoms with Gasteiger partial charge in [0.05, 0.1) is 5.69 Å². The number of benzene rings is 1. The molecule has 0 saturated carbocycles. The molecule has 1 aromatic heterocycles. The highest BCUT2D eigenvalue weighted by atomic mass is 35.5. The number of rotatable bonds is 3. The average Bonchev–Trinajstić information content (AvgIpc) is 2.98. The number of anilines is 1. The van der Waals surface area contributed by atoms with Gasteiger partial charge in [0.15, 0.2) is 5.78 Å². The molecule has 2 aromatic rings. The van der Waals surface area contributed by atoms with Crippen molar-refractivity contribution in [2.24, 2.45) is 7.05 Å². The minimum atomic E-state index is 0.0812. The van der Waals surface area contributed by atoms with Crippen LogP contribution >= 0.6 is 11.6 Å². The monoisotopic (exact) mass is 289 g/mol. The van der Waals surface area contributed by atoms with E-state index in [9.17, 15) is 4.79 Å². The molecule has 1 aliphatic rings. The molecule has 3 rings (SSSR count). The first-order chi connectivity index (χ1) is 9.56. The number of aromatic nitrogens is 2. The minimum absolute atomic E-state index is 0.0812. The van der Waals surface area contributed by atoms with Gasteiger partial charge in [-0.3, -0.25) is 9.48 Å². The Bertz CT molecular complexity index is 691. The average molecular weight is 290 g/mol. The molecule has 0 spiro atoms. The van der Waals surface area contributed by atoms with Crippen molar-refractivity contribution < 1.29 is 4.79 Å². The molecule has 0 radical (unpaired) electrons. The minimum Gasteiger partial charge on any atom is -0.384 e. The predicted octanol–water partition coefficient (Wildman–Crippen LogP) is 2.78. The third kappa shape index (κ3) is 2.20. The van der Waals surface area contributed by atoms with Crippen LogP contribution in [0.3, 0.4) is 0 Å². The summed E-state index contributed by atoms with van der Waals surface area (Å²) in [5.74, 6) is 0.0812. The van der Waals surface area contributed by atoms with Crippen LogP contribution in [-0.2, 0) is 19.9 Å². The third-order valence-electron chi connectivity index (χ3n) is 3.74. The smallest absolute Gasteiger partial charge is 0.167 e. The van der Waals surface area contributed by atoms with Crippen LogP contribution in [0.15, 0.2) is 18.2 Å². The van der Waals surface area contributed by atoms with E-state index in [1.165, 1.54) is 5.56 Å². The Morgan fingerprint density at radius 1 is 1.50 bits per heavy atom. The summed E-state index contributed by atoms with van der Waals surface area (Å²) in [6, 6.07) is 5.84. The Morgan fingerprint density at radius 2 is 2.30 bits per heavy atom. The Balaban J connectivity index is 1.86. The summed E-state index contributed by atoms with van der Waals surface area (Å²) in [5.41, 5.74) is 4.72. The van der Waals surface area contributed by atoms with Crippen molar-refractivity contribution in [1.82, 2.24) is 9.78 Å².